The van der Waals surface area contributed by atoms with Gasteiger partial charge in [0.1, 0.15) is 5.78 Å². The van der Waals surface area contributed by atoms with Crippen LogP contribution in [0.5, 0.6) is 0 Å². The molecule has 0 aromatic carbocycles. The van der Waals surface area contributed by atoms with Crippen molar-refractivity contribution in [1.29, 1.82) is 0 Å². The molecule has 0 saturated carbocycles. The summed E-state index contributed by atoms with van der Waals surface area (Å²) >= 11 is 0. The van der Waals surface area contributed by atoms with Crippen molar-refractivity contribution in [1.82, 2.24) is 0 Å². The number of hydrogen-bond acceptors (Lipinski definition) is 1. The third kappa shape index (κ3) is 3.07. The van der Waals surface area contributed by atoms with E-state index in [0.29, 0.717) is 17.6 Å². The molecule has 0 aliphatic heterocycles. The standard InChI is InChI=1S/C15H24O/c1-6-10(2)7-14-8-11(3)9-15(12(14)4)13(5)16/h6,8,12,14-15H,7,9H2,1-5H3. The van der Waals surface area contributed by atoms with Gasteiger partial charge in [-0.15, -0.1) is 0 Å². The van der Waals surface area contributed by atoms with Gasteiger partial charge in [-0.25, -0.2) is 0 Å². The average Bonchev–Trinajstić information content (AvgIpc) is 2.22. The van der Waals surface area contributed by atoms with E-state index in [0.717, 1.165) is 12.8 Å². The number of ketones is 1. The lowest BCUT2D eigenvalue weighted by atomic mass is 9.71. The van der Waals surface area contributed by atoms with Gasteiger partial charge in [0.25, 0.3) is 0 Å². The molecule has 1 nitrogen and oxygen atoms in total. The third-order valence-electron chi connectivity index (χ3n) is 3.92. The summed E-state index contributed by atoms with van der Waals surface area (Å²) in [5.74, 6) is 1.61. The Bertz CT molecular complexity index is 322. The number of carbonyl (C=O) groups excluding carboxylic acids is 1. The van der Waals surface area contributed by atoms with Crippen molar-refractivity contribution in [2.75, 3.05) is 0 Å². The average molecular weight is 220 g/mol. The Balaban J connectivity index is 2.84. The molecular formula is C15H24O. The largest absolute Gasteiger partial charge is 0.300 e. The molecule has 1 aliphatic rings. The molecule has 0 bridgehead atoms. The fourth-order valence-corrected chi connectivity index (χ4v) is 2.66. The molecule has 0 amide bonds. The molecule has 0 saturated heterocycles. The summed E-state index contributed by atoms with van der Waals surface area (Å²) in [7, 11) is 0. The van der Waals surface area contributed by atoms with Crippen molar-refractivity contribution in [3.05, 3.63) is 23.3 Å². The van der Waals surface area contributed by atoms with E-state index < -0.39 is 0 Å². The Kier molecular flexibility index (Phi) is 4.52. The van der Waals surface area contributed by atoms with Crippen LogP contribution < -0.4 is 0 Å². The van der Waals surface area contributed by atoms with Gasteiger partial charge in [0.15, 0.2) is 0 Å². The maximum absolute atomic E-state index is 11.6. The van der Waals surface area contributed by atoms with Crippen molar-refractivity contribution >= 4 is 5.78 Å². The normalized spacial score (nSPS) is 31.2. The minimum atomic E-state index is 0.236. The van der Waals surface area contributed by atoms with E-state index >= 15 is 0 Å². The van der Waals surface area contributed by atoms with Crippen molar-refractivity contribution < 1.29 is 4.79 Å². The minimum absolute atomic E-state index is 0.236. The van der Waals surface area contributed by atoms with Gasteiger partial charge in [-0.2, -0.15) is 0 Å². The number of Topliss-reactive ketones (excluding diaryl/α,β-unsaturated/α-hetero) is 1. The Morgan fingerprint density at radius 3 is 2.62 bits per heavy atom. The summed E-state index contributed by atoms with van der Waals surface area (Å²) < 4.78 is 0. The lowest BCUT2D eigenvalue weighted by Gasteiger charge is -2.33. The van der Waals surface area contributed by atoms with Crippen LogP contribution in [0.2, 0.25) is 0 Å². The third-order valence-corrected chi connectivity index (χ3v) is 3.92. The zero-order valence-electron chi connectivity index (χ0n) is 11.2. The first kappa shape index (κ1) is 13.2. The zero-order chi connectivity index (χ0) is 12.3. The van der Waals surface area contributed by atoms with Crippen molar-refractivity contribution in [2.24, 2.45) is 17.8 Å². The Hall–Kier alpha value is -0.850. The summed E-state index contributed by atoms with van der Waals surface area (Å²) in [5, 5.41) is 0. The zero-order valence-corrected chi connectivity index (χ0v) is 11.2. The van der Waals surface area contributed by atoms with Crippen molar-refractivity contribution in [3.63, 3.8) is 0 Å². The first-order valence-electron chi connectivity index (χ1n) is 6.25. The topological polar surface area (TPSA) is 17.1 Å². The molecule has 0 N–H and O–H groups in total. The van der Waals surface area contributed by atoms with Crippen LogP contribution >= 0.6 is 0 Å². The van der Waals surface area contributed by atoms with E-state index in [2.05, 4.69) is 39.8 Å². The van der Waals surface area contributed by atoms with Crippen LogP contribution in [0.3, 0.4) is 0 Å². The second kappa shape index (κ2) is 5.47. The molecule has 0 fully saturated rings. The summed E-state index contributed by atoms with van der Waals surface area (Å²) in [5.41, 5.74) is 2.80. The number of rotatable bonds is 3. The first-order chi connectivity index (χ1) is 7.45. The van der Waals surface area contributed by atoms with Crippen LogP contribution in [-0.2, 0) is 4.79 Å². The predicted molar refractivity (Wildman–Crippen MR) is 69.2 cm³/mol. The molecular weight excluding hydrogens is 196 g/mol. The quantitative estimate of drug-likeness (QED) is 0.653. The number of carbonyl (C=O) groups is 1. The predicted octanol–water partition coefficient (Wildman–Crippen LogP) is 4.15. The second-order valence-electron chi connectivity index (χ2n) is 5.30. The molecule has 1 rings (SSSR count). The van der Waals surface area contributed by atoms with Gasteiger partial charge < -0.3 is 0 Å². The fraction of sp³-hybridized carbons (Fsp3) is 0.667. The van der Waals surface area contributed by atoms with Gasteiger partial charge in [0, 0.05) is 5.92 Å². The Morgan fingerprint density at radius 1 is 1.50 bits per heavy atom. The molecule has 0 heterocycles. The van der Waals surface area contributed by atoms with E-state index in [-0.39, 0.29) is 5.92 Å². The second-order valence-corrected chi connectivity index (χ2v) is 5.30. The molecule has 0 aromatic heterocycles. The van der Waals surface area contributed by atoms with E-state index in [1.165, 1.54) is 11.1 Å². The van der Waals surface area contributed by atoms with Crippen LogP contribution in [0.1, 0.15) is 47.5 Å². The van der Waals surface area contributed by atoms with Gasteiger partial charge in [-0.1, -0.05) is 30.2 Å². The van der Waals surface area contributed by atoms with Crippen LogP contribution in [-0.4, -0.2) is 5.78 Å². The highest BCUT2D eigenvalue weighted by Crippen LogP contribution is 2.37. The fourth-order valence-electron chi connectivity index (χ4n) is 2.66. The lowest BCUT2D eigenvalue weighted by Crippen LogP contribution is -2.29. The molecule has 1 heteroatoms. The van der Waals surface area contributed by atoms with Crippen LogP contribution in [0.25, 0.3) is 0 Å². The summed E-state index contributed by atoms with van der Waals surface area (Å²) in [6.45, 7) is 10.4. The van der Waals surface area contributed by atoms with Crippen molar-refractivity contribution in [2.45, 2.75) is 47.5 Å². The van der Waals surface area contributed by atoms with Gasteiger partial charge in [0.05, 0.1) is 0 Å². The van der Waals surface area contributed by atoms with E-state index in [9.17, 15) is 4.79 Å². The van der Waals surface area contributed by atoms with E-state index in [1.54, 1.807) is 6.92 Å². The van der Waals surface area contributed by atoms with Gasteiger partial charge in [-0.05, 0) is 52.4 Å². The maximum atomic E-state index is 11.6. The molecule has 3 atom stereocenters. The number of allylic oxidation sites excluding steroid dienone is 4. The highest BCUT2D eigenvalue weighted by Gasteiger charge is 2.31. The summed E-state index contributed by atoms with van der Waals surface area (Å²) in [6.07, 6.45) is 6.60. The SMILES string of the molecule is CC=C(C)CC1C=C(C)CC(C(C)=O)C1C. The van der Waals surface area contributed by atoms with Gasteiger partial charge in [-0.3, -0.25) is 4.79 Å². The smallest absolute Gasteiger partial charge is 0.133 e. The Labute approximate surface area is 99.6 Å². The summed E-state index contributed by atoms with van der Waals surface area (Å²) in [6, 6.07) is 0. The molecule has 90 valence electrons. The maximum Gasteiger partial charge on any atom is 0.133 e. The molecule has 0 radical (unpaired) electrons. The first-order valence-corrected chi connectivity index (χ1v) is 6.25. The highest BCUT2D eigenvalue weighted by molar-refractivity contribution is 5.79. The van der Waals surface area contributed by atoms with E-state index in [1.807, 2.05) is 0 Å². The molecule has 16 heavy (non-hydrogen) atoms. The molecule has 3 unspecified atom stereocenters. The monoisotopic (exact) mass is 220 g/mol. The van der Waals surface area contributed by atoms with Crippen LogP contribution in [0.4, 0.5) is 0 Å². The van der Waals surface area contributed by atoms with Gasteiger partial charge in [0.2, 0.25) is 0 Å². The van der Waals surface area contributed by atoms with Gasteiger partial charge >= 0.3 is 0 Å². The van der Waals surface area contributed by atoms with Crippen LogP contribution in [0.15, 0.2) is 23.3 Å². The molecule has 1 aliphatic carbocycles. The Morgan fingerprint density at radius 2 is 2.12 bits per heavy atom. The lowest BCUT2D eigenvalue weighted by molar-refractivity contribution is -0.122. The highest BCUT2D eigenvalue weighted by atomic mass is 16.1. The summed E-state index contributed by atoms with van der Waals surface area (Å²) in [4.78, 5) is 11.6. The molecule has 0 spiro atoms. The van der Waals surface area contributed by atoms with Crippen molar-refractivity contribution in [3.8, 4) is 0 Å². The van der Waals surface area contributed by atoms with E-state index in [4.69, 9.17) is 0 Å². The van der Waals surface area contributed by atoms with Crippen LogP contribution in [0, 0.1) is 17.8 Å². The molecule has 0 aromatic rings. The number of hydrogen-bond donors (Lipinski definition) is 0. The minimum Gasteiger partial charge on any atom is -0.300 e.